The second kappa shape index (κ2) is 5.95. The van der Waals surface area contributed by atoms with E-state index in [1.807, 2.05) is 0 Å². The van der Waals surface area contributed by atoms with Crippen LogP contribution in [-0.4, -0.2) is 24.0 Å². The molecule has 0 radical (unpaired) electrons. The number of carbonyl (C=O) groups excluding carboxylic acids is 1. The van der Waals surface area contributed by atoms with Crippen LogP contribution < -0.4 is 14.9 Å². The molecule has 22 heavy (non-hydrogen) atoms. The highest BCUT2D eigenvalue weighted by Crippen LogP contribution is 2.36. The Kier molecular flexibility index (Phi) is 3.84. The maximum absolute atomic E-state index is 11.9. The molecule has 0 aliphatic carbocycles. The molecule has 2 aromatic carbocycles. The van der Waals surface area contributed by atoms with E-state index in [2.05, 4.69) is 10.5 Å². The zero-order valence-electron chi connectivity index (χ0n) is 11.2. The molecule has 3 rings (SSSR count). The summed E-state index contributed by atoms with van der Waals surface area (Å²) in [5.41, 5.74) is 3.03. The van der Waals surface area contributed by atoms with E-state index in [1.54, 1.807) is 24.3 Å². The van der Waals surface area contributed by atoms with Crippen molar-refractivity contribution in [1.82, 2.24) is 5.43 Å². The summed E-state index contributed by atoms with van der Waals surface area (Å²) in [7, 11) is 0. The standard InChI is InChI=1S/C15H11ClN2O4/c16-11-6-14-13(21-8-22-14)5-9(11)7-17-18-15(20)10-3-1-2-4-12(10)19/h1-7,19H,8H2,(H,18,20)/b17-7-. The number of fused-ring (bicyclic) bond motifs is 1. The fourth-order valence-electron chi connectivity index (χ4n) is 1.92. The molecule has 1 aliphatic heterocycles. The summed E-state index contributed by atoms with van der Waals surface area (Å²) in [6.45, 7) is 0.149. The van der Waals surface area contributed by atoms with Crippen LogP contribution in [0.2, 0.25) is 5.02 Å². The van der Waals surface area contributed by atoms with Gasteiger partial charge in [0, 0.05) is 11.6 Å². The second-order valence-electron chi connectivity index (χ2n) is 4.44. The number of nitrogens with one attached hydrogen (secondary N) is 1. The van der Waals surface area contributed by atoms with Crippen molar-refractivity contribution in [2.24, 2.45) is 5.10 Å². The number of nitrogens with zero attached hydrogens (tertiary/aromatic N) is 1. The highest BCUT2D eigenvalue weighted by atomic mass is 35.5. The first-order valence-electron chi connectivity index (χ1n) is 6.35. The van der Waals surface area contributed by atoms with E-state index >= 15 is 0 Å². The molecule has 1 heterocycles. The number of phenolic OH excluding ortho intramolecular Hbond substituents is 1. The number of para-hydroxylation sites is 1. The molecular formula is C15H11ClN2O4. The van der Waals surface area contributed by atoms with Crippen LogP contribution in [0.1, 0.15) is 15.9 Å². The lowest BCUT2D eigenvalue weighted by atomic mass is 10.2. The van der Waals surface area contributed by atoms with Crippen LogP contribution in [-0.2, 0) is 0 Å². The van der Waals surface area contributed by atoms with E-state index in [9.17, 15) is 9.90 Å². The average Bonchev–Trinajstić information content (AvgIpc) is 2.94. The number of amides is 1. The largest absolute Gasteiger partial charge is 0.507 e. The molecule has 1 aliphatic rings. The lowest BCUT2D eigenvalue weighted by molar-refractivity contribution is 0.0952. The number of ether oxygens (including phenoxy) is 2. The molecule has 0 saturated heterocycles. The number of carbonyl (C=O) groups is 1. The van der Waals surface area contributed by atoms with Gasteiger partial charge in [0.15, 0.2) is 11.5 Å². The predicted octanol–water partition coefficient (Wildman–Crippen LogP) is 2.54. The third-order valence-corrected chi connectivity index (χ3v) is 3.34. The second-order valence-corrected chi connectivity index (χ2v) is 4.85. The van der Waals surface area contributed by atoms with Gasteiger partial charge in [-0.15, -0.1) is 0 Å². The van der Waals surface area contributed by atoms with Gasteiger partial charge >= 0.3 is 0 Å². The number of benzene rings is 2. The first kappa shape index (κ1) is 14.2. The minimum atomic E-state index is -0.522. The summed E-state index contributed by atoms with van der Waals surface area (Å²) in [6.07, 6.45) is 1.39. The smallest absolute Gasteiger partial charge is 0.275 e. The number of phenols is 1. The molecule has 0 fully saturated rings. The third-order valence-electron chi connectivity index (χ3n) is 3.01. The van der Waals surface area contributed by atoms with Gasteiger partial charge in [0.2, 0.25) is 6.79 Å². The first-order chi connectivity index (χ1) is 10.6. The van der Waals surface area contributed by atoms with Crippen molar-refractivity contribution in [2.45, 2.75) is 0 Å². The normalized spacial score (nSPS) is 12.6. The lowest BCUT2D eigenvalue weighted by Crippen LogP contribution is -2.17. The molecule has 112 valence electrons. The van der Waals surface area contributed by atoms with Crippen LogP contribution in [0.15, 0.2) is 41.5 Å². The highest BCUT2D eigenvalue weighted by molar-refractivity contribution is 6.33. The number of hydrogen-bond acceptors (Lipinski definition) is 5. The highest BCUT2D eigenvalue weighted by Gasteiger charge is 2.16. The van der Waals surface area contributed by atoms with Gasteiger partial charge in [0.25, 0.3) is 5.91 Å². The summed E-state index contributed by atoms with van der Waals surface area (Å²) in [6, 6.07) is 9.48. The van der Waals surface area contributed by atoms with E-state index in [4.69, 9.17) is 21.1 Å². The molecule has 1 amide bonds. The summed E-state index contributed by atoms with van der Waals surface area (Å²) in [5, 5.41) is 13.8. The van der Waals surface area contributed by atoms with Gasteiger partial charge < -0.3 is 14.6 Å². The van der Waals surface area contributed by atoms with E-state index < -0.39 is 5.91 Å². The summed E-state index contributed by atoms with van der Waals surface area (Å²) >= 11 is 6.09. The fraction of sp³-hybridized carbons (Fsp3) is 0.0667. The molecule has 0 aromatic heterocycles. The molecule has 2 aromatic rings. The zero-order chi connectivity index (χ0) is 15.5. The van der Waals surface area contributed by atoms with Gasteiger partial charge in [-0.2, -0.15) is 5.10 Å². The fourth-order valence-corrected chi connectivity index (χ4v) is 2.12. The number of halogens is 1. The Bertz CT molecular complexity index is 761. The molecule has 0 atom stereocenters. The number of hydrazone groups is 1. The van der Waals surface area contributed by atoms with Crippen molar-refractivity contribution in [3.8, 4) is 17.2 Å². The van der Waals surface area contributed by atoms with Gasteiger partial charge in [-0.3, -0.25) is 4.79 Å². The Morgan fingerprint density at radius 3 is 2.77 bits per heavy atom. The number of hydrogen-bond donors (Lipinski definition) is 2. The molecule has 0 bridgehead atoms. The van der Waals surface area contributed by atoms with Gasteiger partial charge in [-0.25, -0.2) is 5.43 Å². The van der Waals surface area contributed by atoms with Gasteiger partial charge in [0.1, 0.15) is 5.75 Å². The van der Waals surface area contributed by atoms with Crippen LogP contribution in [0.3, 0.4) is 0 Å². The van der Waals surface area contributed by atoms with Crippen LogP contribution in [0.4, 0.5) is 0 Å². The third kappa shape index (κ3) is 2.82. The van der Waals surface area contributed by atoms with Crippen molar-refractivity contribution in [2.75, 3.05) is 6.79 Å². The lowest BCUT2D eigenvalue weighted by Gasteiger charge is -2.03. The minimum Gasteiger partial charge on any atom is -0.507 e. The van der Waals surface area contributed by atoms with Crippen LogP contribution in [0.25, 0.3) is 0 Å². The van der Waals surface area contributed by atoms with E-state index in [0.29, 0.717) is 22.1 Å². The maximum Gasteiger partial charge on any atom is 0.275 e. The van der Waals surface area contributed by atoms with E-state index in [-0.39, 0.29) is 18.1 Å². The molecule has 6 nitrogen and oxygen atoms in total. The van der Waals surface area contributed by atoms with Crippen LogP contribution in [0.5, 0.6) is 17.2 Å². The van der Waals surface area contributed by atoms with Crippen LogP contribution >= 0.6 is 11.6 Å². The topological polar surface area (TPSA) is 80.2 Å². The summed E-state index contributed by atoms with van der Waals surface area (Å²) < 4.78 is 10.4. The van der Waals surface area contributed by atoms with Crippen molar-refractivity contribution in [1.29, 1.82) is 0 Å². The molecular weight excluding hydrogens is 308 g/mol. The Morgan fingerprint density at radius 2 is 2.00 bits per heavy atom. The molecule has 0 unspecified atom stereocenters. The Morgan fingerprint density at radius 1 is 1.27 bits per heavy atom. The zero-order valence-corrected chi connectivity index (χ0v) is 12.0. The predicted molar refractivity (Wildman–Crippen MR) is 80.7 cm³/mol. The van der Waals surface area contributed by atoms with E-state index in [1.165, 1.54) is 18.3 Å². The summed E-state index contributed by atoms with van der Waals surface area (Å²) in [5.74, 6) is 0.501. The molecule has 2 N–H and O–H groups in total. The Labute approximate surface area is 130 Å². The molecule has 7 heteroatoms. The van der Waals surface area contributed by atoms with Crippen molar-refractivity contribution in [3.05, 3.63) is 52.5 Å². The Balaban J connectivity index is 1.73. The van der Waals surface area contributed by atoms with Crippen molar-refractivity contribution >= 4 is 23.7 Å². The van der Waals surface area contributed by atoms with Gasteiger partial charge in [-0.05, 0) is 18.2 Å². The number of aromatic hydroxyl groups is 1. The molecule has 0 saturated carbocycles. The van der Waals surface area contributed by atoms with Gasteiger partial charge in [-0.1, -0.05) is 23.7 Å². The summed E-state index contributed by atoms with van der Waals surface area (Å²) in [4.78, 5) is 11.9. The van der Waals surface area contributed by atoms with Gasteiger partial charge in [0.05, 0.1) is 16.8 Å². The van der Waals surface area contributed by atoms with Crippen molar-refractivity contribution < 1.29 is 19.4 Å². The Hall–Kier alpha value is -2.73. The molecule has 0 spiro atoms. The van der Waals surface area contributed by atoms with Crippen molar-refractivity contribution in [3.63, 3.8) is 0 Å². The maximum atomic E-state index is 11.9. The first-order valence-corrected chi connectivity index (χ1v) is 6.73. The monoisotopic (exact) mass is 318 g/mol. The SMILES string of the molecule is O=C(N/N=C\c1cc2c(cc1Cl)OCO2)c1ccccc1O. The minimum absolute atomic E-state index is 0.115. The van der Waals surface area contributed by atoms with E-state index in [0.717, 1.165) is 0 Å². The average molecular weight is 319 g/mol. The number of rotatable bonds is 3. The quantitative estimate of drug-likeness (QED) is 0.673. The van der Waals surface area contributed by atoms with Crippen LogP contribution in [0, 0.1) is 0 Å².